The fourth-order valence-corrected chi connectivity index (χ4v) is 5.00. The lowest BCUT2D eigenvalue weighted by Gasteiger charge is -2.36. The summed E-state index contributed by atoms with van der Waals surface area (Å²) in [5.74, 6) is -1.99. The highest BCUT2D eigenvalue weighted by Gasteiger charge is 2.42. The number of nitrogens with one attached hydrogen (secondary N) is 1. The molecule has 3 aromatic carbocycles. The van der Waals surface area contributed by atoms with Crippen LogP contribution in [-0.2, 0) is 24.7 Å². The van der Waals surface area contributed by atoms with Crippen LogP contribution in [0.2, 0.25) is 5.02 Å². The van der Waals surface area contributed by atoms with Crippen molar-refractivity contribution in [2.45, 2.75) is 58.6 Å². The lowest BCUT2D eigenvalue weighted by atomic mass is 9.79. The maximum absolute atomic E-state index is 13.6. The molecule has 7 heteroatoms. The Hall–Kier alpha value is -3.64. The molecular formula is C32H37ClN2O4. The number of amides is 2. The second-order valence-electron chi connectivity index (χ2n) is 10.1. The Morgan fingerprint density at radius 3 is 2.08 bits per heavy atom. The molecule has 3 N–H and O–H groups in total. The van der Waals surface area contributed by atoms with E-state index < -0.39 is 29.4 Å². The number of halogens is 1. The number of carbonyl (C=O) groups is 3. The number of hydrogen-bond acceptors (Lipinski definition) is 4. The summed E-state index contributed by atoms with van der Waals surface area (Å²) in [5, 5.41) is 3.21. The van der Waals surface area contributed by atoms with Crippen LogP contribution in [0, 0.1) is 18.8 Å². The van der Waals surface area contributed by atoms with Crippen molar-refractivity contribution in [3.05, 3.63) is 106 Å². The first-order valence-corrected chi connectivity index (χ1v) is 13.7. The van der Waals surface area contributed by atoms with Crippen molar-refractivity contribution in [1.29, 1.82) is 0 Å². The van der Waals surface area contributed by atoms with Crippen molar-refractivity contribution in [2.24, 2.45) is 17.6 Å². The molecule has 3 unspecified atom stereocenters. The summed E-state index contributed by atoms with van der Waals surface area (Å²) >= 11 is 6.73. The van der Waals surface area contributed by atoms with Gasteiger partial charge in [0.2, 0.25) is 11.8 Å². The minimum atomic E-state index is -1.30. The van der Waals surface area contributed by atoms with Gasteiger partial charge in [-0.25, -0.2) is 0 Å². The van der Waals surface area contributed by atoms with Gasteiger partial charge in [-0.2, -0.15) is 0 Å². The van der Waals surface area contributed by atoms with Gasteiger partial charge in [0, 0.05) is 34.1 Å². The van der Waals surface area contributed by atoms with Gasteiger partial charge in [0.05, 0.1) is 0 Å². The van der Waals surface area contributed by atoms with Crippen LogP contribution in [0.25, 0.3) is 0 Å². The van der Waals surface area contributed by atoms with Gasteiger partial charge >= 0.3 is 5.97 Å². The number of hydrogen-bond donors (Lipinski definition) is 2. The van der Waals surface area contributed by atoms with E-state index in [1.165, 1.54) is 0 Å². The number of aryl methyl sites for hydroxylation is 1. The number of rotatable bonds is 12. The number of esters is 1. The van der Waals surface area contributed by atoms with Crippen molar-refractivity contribution in [2.75, 3.05) is 0 Å². The van der Waals surface area contributed by atoms with Crippen molar-refractivity contribution in [3.8, 4) is 0 Å². The summed E-state index contributed by atoms with van der Waals surface area (Å²) in [6, 6.07) is 23.9. The summed E-state index contributed by atoms with van der Waals surface area (Å²) in [5.41, 5.74) is 7.38. The summed E-state index contributed by atoms with van der Waals surface area (Å²) in [7, 11) is 0. The van der Waals surface area contributed by atoms with E-state index in [9.17, 15) is 14.4 Å². The molecule has 3 atom stereocenters. The molecule has 39 heavy (non-hydrogen) atoms. The Labute approximate surface area is 235 Å². The Kier molecular flexibility index (Phi) is 10.3. The quantitative estimate of drug-likeness (QED) is 0.217. The molecule has 0 saturated carbocycles. The second kappa shape index (κ2) is 13.4. The van der Waals surface area contributed by atoms with E-state index in [1.807, 2.05) is 100 Å². The van der Waals surface area contributed by atoms with Crippen LogP contribution in [0.5, 0.6) is 0 Å². The Balaban J connectivity index is 1.95. The van der Waals surface area contributed by atoms with Crippen LogP contribution in [0.15, 0.2) is 78.9 Å². The van der Waals surface area contributed by atoms with E-state index in [1.54, 1.807) is 6.07 Å². The van der Waals surface area contributed by atoms with Gasteiger partial charge in [0.25, 0.3) is 0 Å². The predicted octanol–water partition coefficient (Wildman–Crippen LogP) is 5.92. The third kappa shape index (κ3) is 7.07. The molecule has 0 aliphatic carbocycles. The maximum atomic E-state index is 13.6. The molecule has 0 aliphatic heterocycles. The number of carbonyl (C=O) groups excluding carboxylic acids is 3. The molecule has 0 radical (unpaired) electrons. The van der Waals surface area contributed by atoms with Gasteiger partial charge in [-0.05, 0) is 31.7 Å². The van der Waals surface area contributed by atoms with E-state index >= 15 is 0 Å². The molecule has 6 nitrogen and oxygen atoms in total. The minimum absolute atomic E-state index is 0.000257. The Morgan fingerprint density at radius 1 is 0.923 bits per heavy atom. The zero-order valence-electron chi connectivity index (χ0n) is 22.9. The molecule has 0 fully saturated rings. The SMILES string of the molecule is CCC(CCC(=O)OC(c1ccccc1)(c1ccc(C)cc1)c1ccccc1Cl)C(=O)NC(C(N)=O)C(C)C. The van der Waals surface area contributed by atoms with Gasteiger partial charge in [-0.1, -0.05) is 111 Å². The van der Waals surface area contributed by atoms with E-state index in [0.717, 1.165) is 16.7 Å². The summed E-state index contributed by atoms with van der Waals surface area (Å²) in [6.45, 7) is 7.50. The number of benzene rings is 3. The lowest BCUT2D eigenvalue weighted by molar-refractivity contribution is -0.154. The molecule has 0 spiro atoms. The lowest BCUT2D eigenvalue weighted by Crippen LogP contribution is -2.49. The van der Waals surface area contributed by atoms with Gasteiger partial charge in [-0.3, -0.25) is 14.4 Å². The van der Waals surface area contributed by atoms with Crippen LogP contribution in [0.4, 0.5) is 0 Å². The molecule has 3 rings (SSSR count). The normalized spacial score (nSPS) is 14.2. The van der Waals surface area contributed by atoms with Crippen LogP contribution < -0.4 is 11.1 Å². The van der Waals surface area contributed by atoms with Gasteiger partial charge in [0.15, 0.2) is 5.60 Å². The summed E-state index contributed by atoms with van der Waals surface area (Å²) < 4.78 is 6.42. The minimum Gasteiger partial charge on any atom is -0.444 e. The monoisotopic (exact) mass is 548 g/mol. The summed E-state index contributed by atoms with van der Waals surface area (Å²) in [4.78, 5) is 38.3. The first-order valence-electron chi connectivity index (χ1n) is 13.3. The fourth-order valence-electron chi connectivity index (χ4n) is 4.73. The standard InChI is InChI=1S/C32H37ClN2O4/c1-5-23(31(38)35-29(21(2)3)30(34)37)17-20-28(36)39-32(24-11-7-6-8-12-24,25-18-15-22(4)16-19-25)26-13-9-10-14-27(26)33/h6-16,18-19,21,23,29H,5,17,20H2,1-4H3,(H2,34,37)(H,35,38). The predicted molar refractivity (Wildman–Crippen MR) is 154 cm³/mol. The highest BCUT2D eigenvalue weighted by molar-refractivity contribution is 6.31. The van der Waals surface area contributed by atoms with Gasteiger partial charge in [-0.15, -0.1) is 0 Å². The molecule has 3 aromatic rings. The molecule has 0 heterocycles. The van der Waals surface area contributed by atoms with E-state index in [0.29, 0.717) is 17.0 Å². The van der Waals surface area contributed by atoms with Crippen molar-refractivity contribution in [1.82, 2.24) is 5.32 Å². The van der Waals surface area contributed by atoms with Crippen LogP contribution in [0.1, 0.15) is 62.3 Å². The second-order valence-corrected chi connectivity index (χ2v) is 10.6. The number of ether oxygens (including phenoxy) is 1. The molecular weight excluding hydrogens is 512 g/mol. The third-order valence-electron chi connectivity index (χ3n) is 6.99. The third-order valence-corrected chi connectivity index (χ3v) is 7.32. The van der Waals surface area contributed by atoms with Crippen molar-refractivity contribution >= 4 is 29.4 Å². The molecule has 206 valence electrons. The molecule has 0 aromatic heterocycles. The van der Waals surface area contributed by atoms with Crippen molar-refractivity contribution in [3.63, 3.8) is 0 Å². The zero-order valence-corrected chi connectivity index (χ0v) is 23.7. The molecule has 2 amide bonds. The number of nitrogens with two attached hydrogens (primary N) is 1. The van der Waals surface area contributed by atoms with Crippen LogP contribution >= 0.6 is 11.6 Å². The summed E-state index contributed by atoms with van der Waals surface area (Å²) in [6.07, 6.45) is 0.751. The highest BCUT2D eigenvalue weighted by atomic mass is 35.5. The maximum Gasteiger partial charge on any atom is 0.307 e. The van der Waals surface area contributed by atoms with Crippen LogP contribution in [-0.4, -0.2) is 23.8 Å². The van der Waals surface area contributed by atoms with Gasteiger partial charge in [0.1, 0.15) is 6.04 Å². The molecule has 0 aliphatic rings. The van der Waals surface area contributed by atoms with E-state index in [4.69, 9.17) is 22.1 Å². The zero-order chi connectivity index (χ0) is 28.6. The topological polar surface area (TPSA) is 98.5 Å². The molecule has 0 bridgehead atoms. The first-order chi connectivity index (χ1) is 18.6. The Bertz CT molecular complexity index is 1280. The Morgan fingerprint density at radius 2 is 1.51 bits per heavy atom. The average molecular weight is 549 g/mol. The number of primary amides is 1. The fraction of sp³-hybridized carbons (Fsp3) is 0.344. The first kappa shape index (κ1) is 29.9. The highest BCUT2D eigenvalue weighted by Crippen LogP contribution is 2.44. The smallest absolute Gasteiger partial charge is 0.307 e. The average Bonchev–Trinajstić information content (AvgIpc) is 2.91. The van der Waals surface area contributed by atoms with Gasteiger partial charge < -0.3 is 15.8 Å². The largest absolute Gasteiger partial charge is 0.444 e. The van der Waals surface area contributed by atoms with Crippen molar-refractivity contribution < 1.29 is 19.1 Å². The van der Waals surface area contributed by atoms with E-state index in [2.05, 4.69) is 5.32 Å². The van der Waals surface area contributed by atoms with Crippen LogP contribution in [0.3, 0.4) is 0 Å². The van der Waals surface area contributed by atoms with E-state index in [-0.39, 0.29) is 24.7 Å². The molecule has 0 saturated heterocycles.